The van der Waals surface area contributed by atoms with Gasteiger partial charge in [-0.2, -0.15) is 0 Å². The van der Waals surface area contributed by atoms with Gasteiger partial charge in [0.15, 0.2) is 5.13 Å². The highest BCUT2D eigenvalue weighted by Gasteiger charge is 2.19. The first-order valence-electron chi connectivity index (χ1n) is 7.74. The van der Waals surface area contributed by atoms with Gasteiger partial charge in [0, 0.05) is 20.5 Å². The third-order valence-corrected chi connectivity index (χ3v) is 6.44. The maximum atomic E-state index is 13.1. The normalized spacial score (nSPS) is 11.0. The molecule has 0 spiro atoms. The van der Waals surface area contributed by atoms with Crippen LogP contribution in [0, 0.1) is 12.7 Å². The van der Waals surface area contributed by atoms with E-state index in [2.05, 4.69) is 10.3 Å². The van der Waals surface area contributed by atoms with Crippen LogP contribution in [0.5, 0.6) is 0 Å². The van der Waals surface area contributed by atoms with E-state index in [0.29, 0.717) is 15.0 Å². The molecule has 4 aromatic rings. The fourth-order valence-electron chi connectivity index (χ4n) is 2.64. The van der Waals surface area contributed by atoms with Crippen LogP contribution in [0.2, 0.25) is 5.02 Å². The third-order valence-electron chi connectivity index (χ3n) is 3.88. The average Bonchev–Trinajstić information content (AvgIpc) is 3.16. The summed E-state index contributed by atoms with van der Waals surface area (Å²) in [6.07, 6.45) is 0. The second-order valence-electron chi connectivity index (χ2n) is 5.63. The average molecular weight is 403 g/mol. The topological polar surface area (TPSA) is 42.0 Å². The molecular weight excluding hydrogens is 391 g/mol. The number of halogens is 2. The standard InChI is InChI=1S/C19H12ClFN2OS2/c1-10-16(11-6-8-12(21)9-7-11)22-19(25-10)23-18(24)17-15(20)13-4-2-3-5-14(13)26-17/h2-9H,1H3,(H,22,23,24). The summed E-state index contributed by atoms with van der Waals surface area (Å²) in [7, 11) is 0. The Morgan fingerprint density at radius 1 is 1.12 bits per heavy atom. The Morgan fingerprint density at radius 3 is 2.58 bits per heavy atom. The lowest BCUT2D eigenvalue weighted by atomic mass is 10.1. The molecule has 26 heavy (non-hydrogen) atoms. The van der Waals surface area contributed by atoms with Crippen molar-refractivity contribution in [1.29, 1.82) is 0 Å². The molecule has 0 unspecified atom stereocenters. The SMILES string of the molecule is Cc1sc(NC(=O)c2sc3ccccc3c2Cl)nc1-c1ccc(F)cc1. The van der Waals surface area contributed by atoms with Crippen molar-refractivity contribution in [2.24, 2.45) is 0 Å². The minimum Gasteiger partial charge on any atom is -0.297 e. The van der Waals surface area contributed by atoms with E-state index in [1.165, 1.54) is 34.8 Å². The van der Waals surface area contributed by atoms with Crippen molar-refractivity contribution < 1.29 is 9.18 Å². The van der Waals surface area contributed by atoms with E-state index >= 15 is 0 Å². The number of hydrogen-bond acceptors (Lipinski definition) is 4. The number of nitrogens with one attached hydrogen (secondary N) is 1. The Kier molecular flexibility index (Phi) is 4.48. The number of carbonyl (C=O) groups is 1. The molecule has 7 heteroatoms. The molecule has 0 aliphatic carbocycles. The van der Waals surface area contributed by atoms with Crippen molar-refractivity contribution in [3.05, 3.63) is 69.1 Å². The molecule has 0 aliphatic rings. The van der Waals surface area contributed by atoms with Gasteiger partial charge in [-0.15, -0.1) is 22.7 Å². The van der Waals surface area contributed by atoms with Gasteiger partial charge in [0.25, 0.3) is 5.91 Å². The van der Waals surface area contributed by atoms with E-state index in [-0.39, 0.29) is 11.7 Å². The maximum Gasteiger partial charge on any atom is 0.269 e. The lowest BCUT2D eigenvalue weighted by Gasteiger charge is -2.00. The second-order valence-corrected chi connectivity index (χ2v) is 8.26. The smallest absolute Gasteiger partial charge is 0.269 e. The number of fused-ring (bicyclic) bond motifs is 1. The van der Waals surface area contributed by atoms with Crippen molar-refractivity contribution in [3.63, 3.8) is 0 Å². The maximum absolute atomic E-state index is 13.1. The molecule has 0 saturated heterocycles. The van der Waals surface area contributed by atoms with Gasteiger partial charge in [0.2, 0.25) is 0 Å². The van der Waals surface area contributed by atoms with Gasteiger partial charge >= 0.3 is 0 Å². The van der Waals surface area contributed by atoms with E-state index < -0.39 is 0 Å². The molecule has 0 saturated carbocycles. The number of hydrogen-bond donors (Lipinski definition) is 1. The van der Waals surface area contributed by atoms with E-state index in [1.54, 1.807) is 12.1 Å². The molecule has 3 nitrogen and oxygen atoms in total. The summed E-state index contributed by atoms with van der Waals surface area (Å²) >= 11 is 9.09. The van der Waals surface area contributed by atoms with Crippen molar-refractivity contribution in [3.8, 4) is 11.3 Å². The fourth-order valence-corrected chi connectivity index (χ4v) is 4.88. The summed E-state index contributed by atoms with van der Waals surface area (Å²) < 4.78 is 14.1. The molecule has 4 rings (SSSR count). The zero-order valence-electron chi connectivity index (χ0n) is 13.5. The van der Waals surface area contributed by atoms with Crippen molar-refractivity contribution in [1.82, 2.24) is 4.98 Å². The zero-order chi connectivity index (χ0) is 18.3. The molecule has 0 bridgehead atoms. The number of rotatable bonds is 3. The van der Waals surface area contributed by atoms with E-state index in [1.807, 2.05) is 31.2 Å². The molecule has 2 aromatic carbocycles. The molecular formula is C19H12ClFN2OS2. The van der Waals surface area contributed by atoms with Crippen molar-refractivity contribution in [2.45, 2.75) is 6.92 Å². The number of nitrogens with zero attached hydrogens (tertiary/aromatic N) is 1. The van der Waals surface area contributed by atoms with Gasteiger partial charge in [-0.05, 0) is 37.3 Å². The van der Waals surface area contributed by atoms with Crippen molar-refractivity contribution in [2.75, 3.05) is 5.32 Å². The minimum absolute atomic E-state index is 0.282. The Balaban J connectivity index is 1.63. The summed E-state index contributed by atoms with van der Waals surface area (Å²) in [6.45, 7) is 1.92. The number of anilines is 1. The van der Waals surface area contributed by atoms with Gasteiger partial charge in [-0.3, -0.25) is 10.1 Å². The summed E-state index contributed by atoms with van der Waals surface area (Å²) in [5.74, 6) is -0.579. The predicted molar refractivity (Wildman–Crippen MR) is 107 cm³/mol. The van der Waals surface area contributed by atoms with Gasteiger partial charge in [-0.25, -0.2) is 9.37 Å². The van der Waals surface area contributed by atoms with Crippen LogP contribution in [0.25, 0.3) is 21.3 Å². The highest BCUT2D eigenvalue weighted by Crippen LogP contribution is 2.36. The van der Waals surface area contributed by atoms with Crippen LogP contribution in [0.1, 0.15) is 14.5 Å². The van der Waals surface area contributed by atoms with E-state index in [0.717, 1.165) is 26.2 Å². The van der Waals surface area contributed by atoms with E-state index in [4.69, 9.17) is 11.6 Å². The summed E-state index contributed by atoms with van der Waals surface area (Å²) in [6, 6.07) is 13.8. The number of amides is 1. The van der Waals surface area contributed by atoms with Gasteiger partial charge < -0.3 is 0 Å². The first-order valence-corrected chi connectivity index (χ1v) is 9.76. The van der Waals surface area contributed by atoms with Crippen LogP contribution in [-0.2, 0) is 0 Å². The predicted octanol–water partition coefficient (Wildman–Crippen LogP) is 6.38. The minimum atomic E-state index is -0.297. The molecule has 2 aromatic heterocycles. The molecule has 1 N–H and O–H groups in total. The second kappa shape index (κ2) is 6.79. The monoisotopic (exact) mass is 402 g/mol. The Morgan fingerprint density at radius 2 is 1.85 bits per heavy atom. The molecule has 130 valence electrons. The molecule has 1 amide bonds. The van der Waals surface area contributed by atoms with Crippen LogP contribution in [0.3, 0.4) is 0 Å². The number of carbonyl (C=O) groups excluding carboxylic acids is 1. The summed E-state index contributed by atoms with van der Waals surface area (Å²) in [5, 5.41) is 4.63. The van der Waals surface area contributed by atoms with Crippen LogP contribution in [-0.4, -0.2) is 10.9 Å². The lowest BCUT2D eigenvalue weighted by molar-refractivity contribution is 0.103. The van der Waals surface area contributed by atoms with Crippen molar-refractivity contribution >= 4 is 55.4 Å². The number of aromatic nitrogens is 1. The Labute approximate surface area is 162 Å². The largest absolute Gasteiger partial charge is 0.297 e. The highest BCUT2D eigenvalue weighted by atomic mass is 35.5. The van der Waals surface area contributed by atoms with Gasteiger partial charge in [0.05, 0.1) is 10.7 Å². The van der Waals surface area contributed by atoms with Crippen LogP contribution < -0.4 is 5.32 Å². The van der Waals surface area contributed by atoms with Crippen LogP contribution in [0.4, 0.5) is 9.52 Å². The molecule has 0 aliphatic heterocycles. The molecule has 0 fully saturated rings. The summed E-state index contributed by atoms with van der Waals surface area (Å²) in [5.41, 5.74) is 1.54. The Hall–Kier alpha value is -2.28. The number of aryl methyl sites for hydroxylation is 1. The zero-order valence-corrected chi connectivity index (χ0v) is 15.9. The first-order chi connectivity index (χ1) is 12.5. The molecule has 2 heterocycles. The highest BCUT2D eigenvalue weighted by molar-refractivity contribution is 7.22. The number of benzene rings is 2. The Bertz CT molecular complexity index is 1120. The first kappa shape index (κ1) is 17.1. The van der Waals surface area contributed by atoms with Crippen LogP contribution >= 0.6 is 34.3 Å². The molecule has 0 atom stereocenters. The van der Waals surface area contributed by atoms with Gasteiger partial charge in [0.1, 0.15) is 10.7 Å². The van der Waals surface area contributed by atoms with E-state index in [9.17, 15) is 9.18 Å². The third kappa shape index (κ3) is 3.11. The quantitative estimate of drug-likeness (QED) is 0.432. The number of thiazole rings is 1. The molecule has 0 radical (unpaired) electrons. The fraction of sp³-hybridized carbons (Fsp3) is 0.0526. The summed E-state index contributed by atoms with van der Waals surface area (Å²) in [4.78, 5) is 18.5. The van der Waals surface area contributed by atoms with Crippen LogP contribution in [0.15, 0.2) is 48.5 Å². The number of thiophene rings is 1. The lowest BCUT2D eigenvalue weighted by Crippen LogP contribution is -2.10. The van der Waals surface area contributed by atoms with Gasteiger partial charge in [-0.1, -0.05) is 29.8 Å².